The zero-order chi connectivity index (χ0) is 10.8. The molecule has 0 atom stereocenters. The monoisotopic (exact) mass is 203 g/mol. The zero-order valence-electron chi connectivity index (χ0n) is 8.27. The molecule has 0 radical (unpaired) electrons. The van der Waals surface area contributed by atoms with Gasteiger partial charge in [0.15, 0.2) is 6.20 Å². The molecule has 0 fully saturated rings. The van der Waals surface area contributed by atoms with Crippen LogP contribution >= 0.6 is 0 Å². The van der Waals surface area contributed by atoms with Gasteiger partial charge in [-0.05, 0) is 37.3 Å². The molecule has 2 nitrogen and oxygen atoms in total. The molecule has 0 aliphatic carbocycles. The molecule has 0 bridgehead atoms. The fourth-order valence-corrected chi connectivity index (χ4v) is 1.56. The summed E-state index contributed by atoms with van der Waals surface area (Å²) >= 11 is 0. The second-order valence-corrected chi connectivity index (χ2v) is 3.37. The molecule has 0 aliphatic heterocycles. The van der Waals surface area contributed by atoms with Crippen molar-refractivity contribution < 1.29 is 9.12 Å². The summed E-state index contributed by atoms with van der Waals surface area (Å²) in [6, 6.07) is 9.45. The molecule has 0 saturated heterocycles. The summed E-state index contributed by atoms with van der Waals surface area (Å²) < 4.78 is 13.5. The topological polar surface area (TPSA) is 26.9 Å². The molecule has 1 heterocycles. The van der Waals surface area contributed by atoms with Gasteiger partial charge < -0.3 is 5.21 Å². The van der Waals surface area contributed by atoms with Crippen LogP contribution in [0.3, 0.4) is 0 Å². The van der Waals surface area contributed by atoms with Crippen LogP contribution in [-0.2, 0) is 0 Å². The first-order valence-corrected chi connectivity index (χ1v) is 4.63. The number of rotatable bonds is 1. The number of aromatic nitrogens is 1. The predicted octanol–water partition coefficient (Wildman–Crippen LogP) is 2.43. The molecule has 76 valence electrons. The minimum Gasteiger partial charge on any atom is -0.618 e. The highest BCUT2D eigenvalue weighted by atomic mass is 19.1. The van der Waals surface area contributed by atoms with Gasteiger partial charge in [-0.1, -0.05) is 0 Å². The Morgan fingerprint density at radius 1 is 1.13 bits per heavy atom. The third-order valence-electron chi connectivity index (χ3n) is 2.28. The van der Waals surface area contributed by atoms with Crippen LogP contribution in [0, 0.1) is 17.9 Å². The van der Waals surface area contributed by atoms with Gasteiger partial charge in [-0.2, -0.15) is 4.73 Å². The Bertz CT molecular complexity index is 459. The molecule has 2 rings (SSSR count). The van der Waals surface area contributed by atoms with E-state index in [2.05, 4.69) is 0 Å². The third-order valence-corrected chi connectivity index (χ3v) is 2.28. The maximum absolute atomic E-state index is 12.7. The van der Waals surface area contributed by atoms with E-state index in [9.17, 15) is 9.60 Å². The summed E-state index contributed by atoms with van der Waals surface area (Å²) in [4.78, 5) is 0. The van der Waals surface area contributed by atoms with Gasteiger partial charge in [-0.3, -0.25) is 0 Å². The molecule has 1 aromatic heterocycles. The minimum atomic E-state index is -0.301. The lowest BCUT2D eigenvalue weighted by Gasteiger charge is -2.06. The zero-order valence-corrected chi connectivity index (χ0v) is 8.27. The van der Waals surface area contributed by atoms with E-state index in [1.54, 1.807) is 18.2 Å². The molecule has 0 spiro atoms. The summed E-state index contributed by atoms with van der Waals surface area (Å²) in [6.07, 6.45) is 1.44. The summed E-state index contributed by atoms with van der Waals surface area (Å²) in [7, 11) is 0. The molecular formula is C12H10FNO. The number of pyridine rings is 1. The Hall–Kier alpha value is -1.90. The Labute approximate surface area is 87.2 Å². The maximum Gasteiger partial charge on any atom is 0.226 e. The van der Waals surface area contributed by atoms with E-state index >= 15 is 0 Å². The van der Waals surface area contributed by atoms with Crippen molar-refractivity contribution in [3.63, 3.8) is 0 Å². The fraction of sp³-hybridized carbons (Fsp3) is 0.0833. The number of hydrogen-bond donors (Lipinski definition) is 0. The van der Waals surface area contributed by atoms with Crippen molar-refractivity contribution in [2.75, 3.05) is 0 Å². The smallest absolute Gasteiger partial charge is 0.226 e. The minimum absolute atomic E-state index is 0.301. The van der Waals surface area contributed by atoms with E-state index in [1.807, 2.05) is 13.0 Å². The number of nitrogens with zero attached hydrogens (tertiary/aromatic N) is 1. The van der Waals surface area contributed by atoms with Crippen LogP contribution in [0.15, 0.2) is 42.6 Å². The van der Waals surface area contributed by atoms with Gasteiger partial charge in [0.2, 0.25) is 5.69 Å². The molecule has 0 amide bonds. The van der Waals surface area contributed by atoms with Crippen LogP contribution in [0.25, 0.3) is 11.3 Å². The maximum atomic E-state index is 12.7. The fourth-order valence-electron chi connectivity index (χ4n) is 1.56. The first kappa shape index (κ1) is 9.65. The van der Waals surface area contributed by atoms with Crippen LogP contribution in [0.1, 0.15) is 5.56 Å². The molecule has 3 heteroatoms. The van der Waals surface area contributed by atoms with Gasteiger partial charge in [-0.15, -0.1) is 0 Å². The highest BCUT2D eigenvalue weighted by Crippen LogP contribution is 2.18. The van der Waals surface area contributed by atoms with Crippen LogP contribution in [0.4, 0.5) is 4.39 Å². The van der Waals surface area contributed by atoms with E-state index in [-0.39, 0.29) is 5.82 Å². The average Bonchev–Trinajstić information content (AvgIpc) is 2.20. The van der Waals surface area contributed by atoms with E-state index in [1.165, 1.54) is 18.3 Å². The second kappa shape index (κ2) is 3.69. The first-order valence-electron chi connectivity index (χ1n) is 4.63. The summed E-state index contributed by atoms with van der Waals surface area (Å²) in [6.45, 7) is 1.85. The van der Waals surface area contributed by atoms with Crippen molar-refractivity contribution in [1.29, 1.82) is 0 Å². The number of aryl methyl sites for hydroxylation is 1. The highest BCUT2D eigenvalue weighted by Gasteiger charge is 2.11. The van der Waals surface area contributed by atoms with E-state index in [4.69, 9.17) is 0 Å². The second-order valence-electron chi connectivity index (χ2n) is 3.37. The lowest BCUT2D eigenvalue weighted by Crippen LogP contribution is -2.29. The van der Waals surface area contributed by atoms with Gasteiger partial charge >= 0.3 is 0 Å². The third kappa shape index (κ3) is 1.81. The number of halogens is 1. The lowest BCUT2D eigenvalue weighted by molar-refractivity contribution is -0.594. The Morgan fingerprint density at radius 2 is 1.80 bits per heavy atom. The SMILES string of the molecule is Cc1ccc[n+]([O-])c1-c1ccc(F)cc1. The van der Waals surface area contributed by atoms with Crippen molar-refractivity contribution in [2.45, 2.75) is 6.92 Å². The first-order chi connectivity index (χ1) is 7.18. The van der Waals surface area contributed by atoms with Gasteiger partial charge in [0.05, 0.1) is 0 Å². The Morgan fingerprint density at radius 3 is 2.40 bits per heavy atom. The molecule has 0 N–H and O–H groups in total. The molecule has 2 aromatic rings. The van der Waals surface area contributed by atoms with Crippen LogP contribution in [-0.4, -0.2) is 0 Å². The quantitative estimate of drug-likeness (QED) is 0.516. The Balaban J connectivity index is 2.58. The standard InChI is InChI=1S/C12H10FNO/c1-9-3-2-8-14(15)12(9)10-4-6-11(13)7-5-10/h2-8H,1H3. The predicted molar refractivity (Wildman–Crippen MR) is 55.5 cm³/mol. The number of hydrogen-bond acceptors (Lipinski definition) is 1. The lowest BCUT2D eigenvalue weighted by atomic mass is 10.1. The van der Waals surface area contributed by atoms with Crippen molar-refractivity contribution in [3.8, 4) is 11.3 Å². The molecule has 0 unspecified atom stereocenters. The Kier molecular flexibility index (Phi) is 2.37. The average molecular weight is 203 g/mol. The van der Waals surface area contributed by atoms with E-state index in [0.717, 1.165) is 15.9 Å². The van der Waals surface area contributed by atoms with Crippen LogP contribution < -0.4 is 4.73 Å². The normalized spacial score (nSPS) is 10.3. The number of benzene rings is 1. The van der Waals surface area contributed by atoms with Gasteiger partial charge in [0.25, 0.3) is 0 Å². The van der Waals surface area contributed by atoms with Gasteiger partial charge in [0, 0.05) is 17.2 Å². The van der Waals surface area contributed by atoms with Crippen molar-refractivity contribution in [1.82, 2.24) is 0 Å². The van der Waals surface area contributed by atoms with Crippen molar-refractivity contribution >= 4 is 0 Å². The van der Waals surface area contributed by atoms with Gasteiger partial charge in [0.1, 0.15) is 5.82 Å². The van der Waals surface area contributed by atoms with Crippen LogP contribution in [0.2, 0.25) is 0 Å². The van der Waals surface area contributed by atoms with Crippen molar-refractivity contribution in [3.05, 3.63) is 59.2 Å². The van der Waals surface area contributed by atoms with Gasteiger partial charge in [-0.25, -0.2) is 4.39 Å². The summed E-state index contributed by atoms with van der Waals surface area (Å²) in [5.74, 6) is -0.301. The molecule has 0 saturated carbocycles. The summed E-state index contributed by atoms with van der Waals surface area (Å²) in [5.41, 5.74) is 2.17. The van der Waals surface area contributed by atoms with Crippen molar-refractivity contribution in [2.24, 2.45) is 0 Å². The largest absolute Gasteiger partial charge is 0.618 e. The summed E-state index contributed by atoms with van der Waals surface area (Å²) in [5, 5.41) is 11.5. The van der Waals surface area contributed by atoms with E-state index < -0.39 is 0 Å². The molecular weight excluding hydrogens is 193 g/mol. The molecule has 15 heavy (non-hydrogen) atoms. The van der Waals surface area contributed by atoms with E-state index in [0.29, 0.717) is 5.69 Å². The molecule has 1 aromatic carbocycles. The molecule has 0 aliphatic rings. The van der Waals surface area contributed by atoms with Crippen LogP contribution in [0.5, 0.6) is 0 Å². The highest BCUT2D eigenvalue weighted by molar-refractivity contribution is 5.59.